The van der Waals surface area contributed by atoms with E-state index in [0.717, 1.165) is 6.92 Å². The van der Waals surface area contributed by atoms with Gasteiger partial charge < -0.3 is 26.4 Å². The third-order valence-corrected chi connectivity index (χ3v) is 6.87. The molecule has 0 saturated carbocycles. The largest absolute Gasteiger partial charge is 0.474 e. The molecule has 4 rings (SSSR count). The SMILES string of the molecule is C=CCC1CNC(=O)c2c(nc(-c3cc(N)c(F)c(C)c3C(F)(F)F)c(F)c2NCc2ccn(C)n2)O[C@@H](C)CCN1. The molecule has 0 spiro atoms. The highest BCUT2D eigenvalue weighted by Gasteiger charge is 2.40. The van der Waals surface area contributed by atoms with Crippen LogP contribution >= 0.6 is 0 Å². The average molecular weight is 594 g/mol. The maximum Gasteiger partial charge on any atom is 0.417 e. The molecule has 3 heterocycles. The summed E-state index contributed by atoms with van der Waals surface area (Å²) in [4.78, 5) is 17.7. The fraction of sp³-hybridized carbons (Fsp3) is 0.393. The molecule has 1 aliphatic heterocycles. The van der Waals surface area contributed by atoms with Crippen LogP contribution in [0.3, 0.4) is 0 Å². The number of fused-ring (bicyclic) bond motifs is 1. The lowest BCUT2D eigenvalue weighted by Crippen LogP contribution is -2.41. The average Bonchev–Trinajstić information content (AvgIpc) is 3.32. The van der Waals surface area contributed by atoms with Gasteiger partial charge in [0.25, 0.3) is 5.91 Å². The molecule has 3 aromatic rings. The third-order valence-electron chi connectivity index (χ3n) is 6.87. The van der Waals surface area contributed by atoms with Gasteiger partial charge >= 0.3 is 6.18 Å². The lowest BCUT2D eigenvalue weighted by molar-refractivity contribution is -0.137. The van der Waals surface area contributed by atoms with Crippen molar-refractivity contribution in [1.82, 2.24) is 25.4 Å². The number of alkyl halides is 3. The Morgan fingerprint density at radius 2 is 2.05 bits per heavy atom. The molecule has 1 aromatic carbocycles. The minimum Gasteiger partial charge on any atom is -0.474 e. The summed E-state index contributed by atoms with van der Waals surface area (Å²) in [6.45, 7) is 6.87. The van der Waals surface area contributed by atoms with Crippen LogP contribution in [0.25, 0.3) is 11.3 Å². The fourth-order valence-corrected chi connectivity index (χ4v) is 4.77. The Kier molecular flexibility index (Phi) is 9.04. The minimum atomic E-state index is -5.08. The Balaban J connectivity index is 1.97. The van der Waals surface area contributed by atoms with Crippen LogP contribution in [0.1, 0.15) is 46.9 Å². The van der Waals surface area contributed by atoms with E-state index in [2.05, 4.69) is 32.6 Å². The first kappa shape index (κ1) is 30.8. The van der Waals surface area contributed by atoms with E-state index in [0.29, 0.717) is 31.1 Å². The van der Waals surface area contributed by atoms with Gasteiger partial charge in [0.1, 0.15) is 17.1 Å². The second-order valence-electron chi connectivity index (χ2n) is 10.1. The van der Waals surface area contributed by atoms with Crippen molar-refractivity contribution in [2.75, 3.05) is 24.1 Å². The van der Waals surface area contributed by atoms with E-state index in [1.165, 1.54) is 4.68 Å². The van der Waals surface area contributed by atoms with Gasteiger partial charge in [0, 0.05) is 31.4 Å². The molecule has 9 nitrogen and oxygen atoms in total. The number of halogens is 5. The number of pyridine rings is 1. The molecule has 0 aliphatic carbocycles. The van der Waals surface area contributed by atoms with E-state index >= 15 is 4.39 Å². The molecule has 5 N–H and O–H groups in total. The van der Waals surface area contributed by atoms with Gasteiger partial charge in [0.15, 0.2) is 5.82 Å². The summed E-state index contributed by atoms with van der Waals surface area (Å²) < 4.78 is 81.2. The molecular weight excluding hydrogens is 561 g/mol. The molecule has 2 aromatic heterocycles. The highest BCUT2D eigenvalue weighted by Crippen LogP contribution is 2.44. The van der Waals surface area contributed by atoms with Crippen molar-refractivity contribution >= 4 is 17.3 Å². The molecule has 0 radical (unpaired) electrons. The predicted octanol–water partition coefficient (Wildman–Crippen LogP) is 4.72. The molecule has 42 heavy (non-hydrogen) atoms. The van der Waals surface area contributed by atoms with E-state index in [9.17, 15) is 22.4 Å². The molecular formula is C28H32F5N7O2. The second-order valence-corrected chi connectivity index (χ2v) is 10.1. The number of aromatic nitrogens is 3. The minimum absolute atomic E-state index is 0.0894. The summed E-state index contributed by atoms with van der Waals surface area (Å²) in [5.41, 5.74) is 0.881. The molecule has 1 unspecified atom stereocenters. The number of hydrogen-bond acceptors (Lipinski definition) is 7. The van der Waals surface area contributed by atoms with Crippen LogP contribution in [-0.4, -0.2) is 45.9 Å². The molecule has 226 valence electrons. The van der Waals surface area contributed by atoms with Crippen molar-refractivity contribution in [2.24, 2.45) is 7.05 Å². The fourth-order valence-electron chi connectivity index (χ4n) is 4.77. The van der Waals surface area contributed by atoms with Gasteiger partial charge in [-0.2, -0.15) is 18.3 Å². The molecule has 2 atom stereocenters. The number of nitrogens with two attached hydrogens (primary N) is 1. The van der Waals surface area contributed by atoms with Gasteiger partial charge in [-0.3, -0.25) is 9.48 Å². The van der Waals surface area contributed by atoms with Gasteiger partial charge in [-0.05, 0) is 50.9 Å². The van der Waals surface area contributed by atoms with Crippen LogP contribution in [0.4, 0.5) is 33.3 Å². The molecule has 14 heteroatoms. The first-order valence-electron chi connectivity index (χ1n) is 13.2. The van der Waals surface area contributed by atoms with Crippen LogP contribution in [0.2, 0.25) is 0 Å². The Hall–Kier alpha value is -4.20. The Labute approximate surface area is 239 Å². The number of nitrogens with zero attached hydrogens (tertiary/aromatic N) is 3. The zero-order chi connectivity index (χ0) is 30.8. The number of nitrogen functional groups attached to an aromatic ring is 1. The Morgan fingerprint density at radius 1 is 1.31 bits per heavy atom. The number of aryl methyl sites for hydroxylation is 1. The van der Waals surface area contributed by atoms with Crippen LogP contribution in [-0.2, 0) is 19.8 Å². The molecule has 1 aliphatic rings. The monoisotopic (exact) mass is 593 g/mol. The molecule has 0 bridgehead atoms. The third kappa shape index (κ3) is 6.48. The number of rotatable bonds is 6. The summed E-state index contributed by atoms with van der Waals surface area (Å²) in [6.07, 6.45) is -1.36. The van der Waals surface area contributed by atoms with Crippen molar-refractivity contribution in [3.05, 3.63) is 65.0 Å². The summed E-state index contributed by atoms with van der Waals surface area (Å²) in [7, 11) is 1.68. The lowest BCUT2D eigenvalue weighted by Gasteiger charge is -2.22. The number of nitrogens with one attached hydrogen (secondary N) is 3. The zero-order valence-corrected chi connectivity index (χ0v) is 23.3. The topological polar surface area (TPSA) is 119 Å². The van der Waals surface area contributed by atoms with Crippen LogP contribution in [0, 0.1) is 18.6 Å². The highest BCUT2D eigenvalue weighted by molar-refractivity contribution is 6.03. The number of carbonyl (C=O) groups excluding carboxylic acids is 1. The van der Waals surface area contributed by atoms with Gasteiger partial charge in [-0.25, -0.2) is 13.8 Å². The number of anilines is 2. The normalized spacial score (nSPS) is 18.0. The van der Waals surface area contributed by atoms with Crippen molar-refractivity contribution in [3.63, 3.8) is 0 Å². The van der Waals surface area contributed by atoms with Crippen molar-refractivity contribution in [3.8, 4) is 17.1 Å². The van der Waals surface area contributed by atoms with Crippen LogP contribution in [0.5, 0.6) is 5.88 Å². The molecule has 0 saturated heterocycles. The van der Waals surface area contributed by atoms with E-state index in [1.807, 2.05) is 0 Å². The number of ether oxygens (including phenoxy) is 1. The van der Waals surface area contributed by atoms with Gasteiger partial charge in [-0.1, -0.05) is 6.08 Å². The van der Waals surface area contributed by atoms with E-state index in [1.54, 1.807) is 32.3 Å². The Morgan fingerprint density at radius 3 is 2.69 bits per heavy atom. The summed E-state index contributed by atoms with van der Waals surface area (Å²) in [5, 5.41) is 13.1. The van der Waals surface area contributed by atoms with Crippen molar-refractivity contribution < 1.29 is 31.5 Å². The number of carbonyl (C=O) groups is 1. The summed E-state index contributed by atoms with van der Waals surface area (Å²) >= 11 is 0. The van der Waals surface area contributed by atoms with E-state index in [-0.39, 0.29) is 24.7 Å². The van der Waals surface area contributed by atoms with Gasteiger partial charge in [-0.15, -0.1) is 6.58 Å². The maximum absolute atomic E-state index is 16.4. The smallest absolute Gasteiger partial charge is 0.417 e. The number of benzene rings is 1. The second kappa shape index (κ2) is 12.3. The Bertz CT molecular complexity index is 1490. The van der Waals surface area contributed by atoms with E-state index < -0.39 is 69.5 Å². The molecule has 1 amide bonds. The van der Waals surface area contributed by atoms with Crippen LogP contribution < -0.4 is 26.4 Å². The number of hydrogen-bond donors (Lipinski definition) is 4. The van der Waals surface area contributed by atoms with Crippen LogP contribution in [0.15, 0.2) is 31.0 Å². The summed E-state index contributed by atoms with van der Waals surface area (Å²) in [5.74, 6) is -3.71. The standard InChI is InChI=1S/C28H32F5N7O2/c1-5-6-16-12-37-26(41)20-25(36-13-17-8-10-40(4)39-17)23(30)24(38-27(20)42-14(2)7-9-35-16)18-11-19(34)22(29)15(3)21(18)28(31,32)33/h5,8,10-11,14,16,35H,1,6-7,9,12-13,34H2,2-4H3,(H,36,38)(H,37,41)/t14-,16?/m0/s1. The van der Waals surface area contributed by atoms with E-state index in [4.69, 9.17) is 10.5 Å². The maximum atomic E-state index is 16.4. The van der Waals surface area contributed by atoms with Gasteiger partial charge in [0.05, 0.1) is 35.3 Å². The first-order valence-corrected chi connectivity index (χ1v) is 13.2. The highest BCUT2D eigenvalue weighted by atomic mass is 19.4. The summed E-state index contributed by atoms with van der Waals surface area (Å²) in [6, 6.07) is 2.15. The molecule has 0 fully saturated rings. The first-order chi connectivity index (χ1) is 19.8. The van der Waals surface area contributed by atoms with Gasteiger partial charge in [0.2, 0.25) is 5.88 Å². The lowest BCUT2D eigenvalue weighted by atomic mass is 9.95. The quantitative estimate of drug-likeness (QED) is 0.186. The van der Waals surface area contributed by atoms with Crippen molar-refractivity contribution in [1.29, 1.82) is 0 Å². The number of amides is 1. The van der Waals surface area contributed by atoms with Crippen molar-refractivity contribution in [2.45, 2.75) is 51.6 Å². The predicted molar refractivity (Wildman–Crippen MR) is 148 cm³/mol. The zero-order valence-electron chi connectivity index (χ0n) is 23.3.